The van der Waals surface area contributed by atoms with E-state index in [4.69, 9.17) is 0 Å². The standard InChI is InChI=1S/C72H48N2/c1-3-19-49(20-4-1)60-44-45-61(64-31-12-11-30-63(60)64)54-26-17-27-56(47-54)73(55-40-37-53(38-41-55)59-34-18-25-50-23-7-9-28-58(50)59)57-42-43-65(68(48-57)51-21-5-2-6-22-51)66-32-13-15-35-69(66)74-70-36-16-14-33-67(70)72-62-29-10-8-24-52(62)39-46-71(72)74/h1-48H. The lowest BCUT2D eigenvalue weighted by atomic mass is 9.91. The fourth-order valence-electron chi connectivity index (χ4n) is 11.6. The van der Waals surface area contributed by atoms with Crippen LogP contribution in [0.3, 0.4) is 0 Å². The first-order chi connectivity index (χ1) is 36.7. The third-order valence-corrected chi connectivity index (χ3v) is 15.0. The maximum Gasteiger partial charge on any atom is 0.0547 e. The van der Waals surface area contributed by atoms with E-state index in [1.165, 1.54) is 81.9 Å². The lowest BCUT2D eigenvalue weighted by Gasteiger charge is -2.28. The highest BCUT2D eigenvalue weighted by atomic mass is 15.1. The van der Waals surface area contributed by atoms with Gasteiger partial charge in [0.2, 0.25) is 0 Å². The summed E-state index contributed by atoms with van der Waals surface area (Å²) in [6.45, 7) is 0. The molecule has 0 bridgehead atoms. The molecule has 0 radical (unpaired) electrons. The van der Waals surface area contributed by atoms with Crippen molar-refractivity contribution in [3.63, 3.8) is 0 Å². The van der Waals surface area contributed by atoms with E-state index in [9.17, 15) is 0 Å². The summed E-state index contributed by atoms with van der Waals surface area (Å²) in [5.74, 6) is 0. The Morgan fingerprint density at radius 3 is 1.47 bits per heavy atom. The van der Waals surface area contributed by atoms with Crippen molar-refractivity contribution >= 4 is 71.2 Å². The Morgan fingerprint density at radius 2 is 0.716 bits per heavy atom. The van der Waals surface area contributed by atoms with Crippen molar-refractivity contribution in [2.45, 2.75) is 0 Å². The zero-order valence-electron chi connectivity index (χ0n) is 40.6. The zero-order valence-corrected chi connectivity index (χ0v) is 40.6. The van der Waals surface area contributed by atoms with Crippen LogP contribution >= 0.6 is 0 Å². The second kappa shape index (κ2) is 18.1. The van der Waals surface area contributed by atoms with E-state index >= 15 is 0 Å². The molecule has 1 heterocycles. The zero-order chi connectivity index (χ0) is 49.0. The van der Waals surface area contributed by atoms with Gasteiger partial charge in [0.15, 0.2) is 0 Å². The van der Waals surface area contributed by atoms with Crippen LogP contribution in [0, 0.1) is 0 Å². The number of benzene rings is 13. The minimum absolute atomic E-state index is 1.06. The summed E-state index contributed by atoms with van der Waals surface area (Å²) >= 11 is 0. The molecular weight excluding hydrogens is 893 g/mol. The topological polar surface area (TPSA) is 8.17 Å². The van der Waals surface area contributed by atoms with Crippen molar-refractivity contribution in [2.24, 2.45) is 0 Å². The molecule has 0 aliphatic rings. The average Bonchev–Trinajstić information content (AvgIpc) is 3.82. The normalized spacial score (nSPS) is 11.5. The Labute approximate surface area is 430 Å². The average molecular weight is 941 g/mol. The molecule has 2 nitrogen and oxygen atoms in total. The van der Waals surface area contributed by atoms with Crippen molar-refractivity contribution in [2.75, 3.05) is 4.90 Å². The number of rotatable bonds is 9. The molecule has 14 rings (SSSR count). The van der Waals surface area contributed by atoms with Crippen LogP contribution in [-0.2, 0) is 0 Å². The van der Waals surface area contributed by atoms with Crippen LogP contribution in [0.2, 0.25) is 0 Å². The quantitative estimate of drug-likeness (QED) is 0.140. The van der Waals surface area contributed by atoms with Gasteiger partial charge in [0.25, 0.3) is 0 Å². The molecule has 0 atom stereocenters. The monoisotopic (exact) mass is 940 g/mol. The predicted molar refractivity (Wildman–Crippen MR) is 315 cm³/mol. The molecule has 13 aromatic carbocycles. The summed E-state index contributed by atoms with van der Waals surface area (Å²) in [5.41, 5.74) is 18.5. The number of fused-ring (bicyclic) bond motifs is 7. The van der Waals surface area contributed by atoms with E-state index in [-0.39, 0.29) is 0 Å². The molecule has 74 heavy (non-hydrogen) atoms. The molecule has 0 unspecified atom stereocenters. The molecule has 0 spiro atoms. The van der Waals surface area contributed by atoms with Crippen molar-refractivity contribution in [3.05, 3.63) is 291 Å². The predicted octanol–water partition coefficient (Wildman–Crippen LogP) is 20.0. The van der Waals surface area contributed by atoms with E-state index in [1.807, 2.05) is 0 Å². The van der Waals surface area contributed by atoms with E-state index in [1.54, 1.807) is 0 Å². The minimum Gasteiger partial charge on any atom is -0.310 e. The molecule has 0 amide bonds. The Morgan fingerprint density at radius 1 is 0.230 bits per heavy atom. The molecule has 0 aliphatic carbocycles. The Bertz CT molecular complexity index is 4410. The molecule has 0 saturated heterocycles. The molecule has 1 aromatic heterocycles. The largest absolute Gasteiger partial charge is 0.310 e. The summed E-state index contributed by atoms with van der Waals surface area (Å²) in [6.07, 6.45) is 0. The molecular formula is C72H48N2. The Hall–Kier alpha value is -9.76. The lowest BCUT2D eigenvalue weighted by Crippen LogP contribution is -2.10. The van der Waals surface area contributed by atoms with Crippen molar-refractivity contribution in [1.82, 2.24) is 4.57 Å². The van der Waals surface area contributed by atoms with Gasteiger partial charge in [0.1, 0.15) is 0 Å². The first-order valence-corrected chi connectivity index (χ1v) is 25.5. The van der Waals surface area contributed by atoms with Gasteiger partial charge in [0, 0.05) is 33.4 Å². The summed E-state index contributed by atoms with van der Waals surface area (Å²) < 4.78 is 2.47. The third kappa shape index (κ3) is 7.35. The highest BCUT2D eigenvalue weighted by Crippen LogP contribution is 2.46. The van der Waals surface area contributed by atoms with Gasteiger partial charge in [-0.1, -0.05) is 237 Å². The Balaban J connectivity index is 0.963. The number of para-hydroxylation sites is 2. The molecule has 2 heteroatoms. The second-order valence-corrected chi connectivity index (χ2v) is 19.2. The van der Waals surface area contributed by atoms with Gasteiger partial charge in [-0.25, -0.2) is 0 Å². The first kappa shape index (κ1) is 43.1. The van der Waals surface area contributed by atoms with Crippen LogP contribution < -0.4 is 4.90 Å². The van der Waals surface area contributed by atoms with E-state index in [2.05, 4.69) is 301 Å². The maximum atomic E-state index is 2.47. The van der Waals surface area contributed by atoms with Crippen LogP contribution in [-0.4, -0.2) is 4.57 Å². The van der Waals surface area contributed by atoms with Crippen molar-refractivity contribution in [3.8, 4) is 61.3 Å². The van der Waals surface area contributed by atoms with Crippen molar-refractivity contribution < 1.29 is 0 Å². The first-order valence-electron chi connectivity index (χ1n) is 25.5. The highest BCUT2D eigenvalue weighted by Gasteiger charge is 2.22. The highest BCUT2D eigenvalue weighted by molar-refractivity contribution is 6.21. The van der Waals surface area contributed by atoms with Gasteiger partial charge in [-0.3, -0.25) is 0 Å². The van der Waals surface area contributed by atoms with E-state index in [0.29, 0.717) is 0 Å². The van der Waals surface area contributed by atoms with E-state index < -0.39 is 0 Å². The van der Waals surface area contributed by atoms with Crippen LogP contribution in [0.15, 0.2) is 291 Å². The van der Waals surface area contributed by atoms with Gasteiger partial charge in [-0.05, 0) is 137 Å². The minimum atomic E-state index is 1.06. The Kier molecular flexibility index (Phi) is 10.6. The van der Waals surface area contributed by atoms with Gasteiger partial charge in [-0.2, -0.15) is 0 Å². The van der Waals surface area contributed by atoms with Crippen LogP contribution in [0.25, 0.3) is 115 Å². The van der Waals surface area contributed by atoms with Crippen molar-refractivity contribution in [1.29, 1.82) is 0 Å². The molecule has 14 aromatic rings. The molecule has 0 fully saturated rings. The number of anilines is 3. The summed E-state index contributed by atoms with van der Waals surface area (Å²) in [6, 6.07) is 107. The van der Waals surface area contributed by atoms with Gasteiger partial charge in [-0.15, -0.1) is 0 Å². The van der Waals surface area contributed by atoms with Gasteiger partial charge < -0.3 is 9.47 Å². The second-order valence-electron chi connectivity index (χ2n) is 19.2. The van der Waals surface area contributed by atoms with Gasteiger partial charge in [0.05, 0.1) is 16.7 Å². The fraction of sp³-hybridized carbons (Fsp3) is 0. The molecule has 0 aliphatic heterocycles. The summed E-state index contributed by atoms with van der Waals surface area (Å²) in [5, 5.41) is 9.97. The SMILES string of the molecule is c1ccc(-c2cc(N(c3ccc(-c4cccc5ccccc45)cc3)c3cccc(-c4ccc(-c5ccccc5)c5ccccc45)c3)ccc2-c2ccccc2-n2c3ccccc3c3c4ccccc4ccc32)cc1. The molecule has 0 saturated carbocycles. The maximum absolute atomic E-state index is 2.47. The number of nitrogens with zero attached hydrogens (tertiary/aromatic N) is 2. The van der Waals surface area contributed by atoms with Crippen LogP contribution in [0.5, 0.6) is 0 Å². The van der Waals surface area contributed by atoms with Crippen LogP contribution in [0.1, 0.15) is 0 Å². The number of hydrogen-bond donors (Lipinski definition) is 0. The lowest BCUT2D eigenvalue weighted by molar-refractivity contribution is 1.18. The smallest absolute Gasteiger partial charge is 0.0547 e. The fourth-order valence-corrected chi connectivity index (χ4v) is 11.6. The third-order valence-electron chi connectivity index (χ3n) is 15.0. The summed E-state index contributed by atoms with van der Waals surface area (Å²) in [4.78, 5) is 2.43. The van der Waals surface area contributed by atoms with Gasteiger partial charge >= 0.3 is 0 Å². The van der Waals surface area contributed by atoms with E-state index in [0.717, 1.165) is 50.6 Å². The summed E-state index contributed by atoms with van der Waals surface area (Å²) in [7, 11) is 0. The van der Waals surface area contributed by atoms with Crippen LogP contribution in [0.4, 0.5) is 17.1 Å². The number of aromatic nitrogens is 1. The number of hydrogen-bond acceptors (Lipinski definition) is 1. The molecule has 346 valence electrons. The molecule has 0 N–H and O–H groups in total.